The van der Waals surface area contributed by atoms with E-state index in [1.165, 1.54) is 0 Å². The first-order valence-electron chi connectivity index (χ1n) is 8.13. The van der Waals surface area contributed by atoms with E-state index in [4.69, 9.17) is 14.7 Å². The van der Waals surface area contributed by atoms with Gasteiger partial charge in [0.2, 0.25) is 0 Å². The van der Waals surface area contributed by atoms with Crippen LogP contribution in [0.2, 0.25) is 0 Å². The number of hydrogen-bond acceptors (Lipinski definition) is 6. The third-order valence-corrected chi connectivity index (χ3v) is 3.70. The van der Waals surface area contributed by atoms with Crippen molar-refractivity contribution in [2.45, 2.75) is 6.10 Å². The molecule has 0 heterocycles. The molecule has 134 valence electrons. The quantitative estimate of drug-likeness (QED) is 0.401. The van der Waals surface area contributed by atoms with Crippen molar-refractivity contribution in [1.29, 1.82) is 5.26 Å². The highest BCUT2D eigenvalue weighted by atomic mass is 16.5. The SMILES string of the molecule is COCCNCC(=O)c1ccc(C(C=O)Oc2ccc(C#N)cc2)cc1. The molecule has 2 rings (SSSR count). The zero-order valence-electron chi connectivity index (χ0n) is 14.5. The summed E-state index contributed by atoms with van der Waals surface area (Å²) in [5, 5.41) is 11.8. The molecular weight excluding hydrogens is 332 g/mol. The van der Waals surface area contributed by atoms with Crippen LogP contribution in [0.1, 0.15) is 27.6 Å². The van der Waals surface area contributed by atoms with Crippen molar-refractivity contribution >= 4 is 12.1 Å². The fourth-order valence-electron chi connectivity index (χ4n) is 2.27. The van der Waals surface area contributed by atoms with Crippen LogP contribution in [0.25, 0.3) is 0 Å². The standard InChI is InChI=1S/C20H20N2O4/c1-25-11-10-22-13-19(24)16-4-6-17(7-5-16)20(14-23)26-18-8-2-15(12-21)3-9-18/h2-9,14,20,22H,10-11,13H2,1H3. The Balaban J connectivity index is 1.99. The smallest absolute Gasteiger partial charge is 0.179 e. The Labute approximate surface area is 152 Å². The Morgan fingerprint density at radius 3 is 2.46 bits per heavy atom. The largest absolute Gasteiger partial charge is 0.478 e. The summed E-state index contributed by atoms with van der Waals surface area (Å²) in [6, 6.07) is 15.3. The number of benzene rings is 2. The third-order valence-electron chi connectivity index (χ3n) is 3.70. The summed E-state index contributed by atoms with van der Waals surface area (Å²) in [4.78, 5) is 23.5. The van der Waals surface area contributed by atoms with Gasteiger partial charge in [0, 0.05) is 19.2 Å². The molecule has 0 amide bonds. The van der Waals surface area contributed by atoms with E-state index in [0.29, 0.717) is 41.9 Å². The van der Waals surface area contributed by atoms with Crippen molar-refractivity contribution in [2.75, 3.05) is 26.8 Å². The number of nitrogens with zero attached hydrogens (tertiary/aromatic N) is 1. The van der Waals surface area contributed by atoms with Gasteiger partial charge in [-0.05, 0) is 29.8 Å². The monoisotopic (exact) mass is 352 g/mol. The number of methoxy groups -OCH3 is 1. The zero-order chi connectivity index (χ0) is 18.8. The molecule has 0 saturated carbocycles. The minimum atomic E-state index is -0.785. The average Bonchev–Trinajstić information content (AvgIpc) is 2.70. The lowest BCUT2D eigenvalue weighted by Gasteiger charge is -2.14. The Kier molecular flexibility index (Phi) is 7.49. The molecule has 0 aromatic heterocycles. The minimum Gasteiger partial charge on any atom is -0.478 e. The number of hydrogen-bond donors (Lipinski definition) is 1. The Morgan fingerprint density at radius 1 is 1.19 bits per heavy atom. The highest BCUT2D eigenvalue weighted by Gasteiger charge is 2.13. The van der Waals surface area contributed by atoms with E-state index in [1.807, 2.05) is 6.07 Å². The second-order valence-electron chi connectivity index (χ2n) is 5.53. The van der Waals surface area contributed by atoms with Crippen molar-refractivity contribution in [3.63, 3.8) is 0 Å². The van der Waals surface area contributed by atoms with Crippen molar-refractivity contribution < 1.29 is 19.1 Å². The number of carbonyl (C=O) groups is 2. The predicted molar refractivity (Wildman–Crippen MR) is 96.1 cm³/mol. The number of ether oxygens (including phenoxy) is 2. The summed E-state index contributed by atoms with van der Waals surface area (Å²) in [7, 11) is 1.60. The van der Waals surface area contributed by atoms with E-state index >= 15 is 0 Å². The van der Waals surface area contributed by atoms with E-state index in [9.17, 15) is 9.59 Å². The molecule has 1 unspecified atom stereocenters. The van der Waals surface area contributed by atoms with Crippen LogP contribution in [0.15, 0.2) is 48.5 Å². The molecule has 0 bridgehead atoms. The van der Waals surface area contributed by atoms with E-state index in [-0.39, 0.29) is 12.3 Å². The highest BCUT2D eigenvalue weighted by molar-refractivity contribution is 5.97. The highest BCUT2D eigenvalue weighted by Crippen LogP contribution is 2.21. The summed E-state index contributed by atoms with van der Waals surface area (Å²) < 4.78 is 10.6. The Bertz CT molecular complexity index is 764. The van der Waals surface area contributed by atoms with Gasteiger partial charge < -0.3 is 14.8 Å². The van der Waals surface area contributed by atoms with Crippen LogP contribution in [-0.2, 0) is 9.53 Å². The molecule has 0 saturated heterocycles. The van der Waals surface area contributed by atoms with E-state index in [1.54, 1.807) is 55.6 Å². The molecule has 6 nitrogen and oxygen atoms in total. The van der Waals surface area contributed by atoms with Crippen LogP contribution in [0.3, 0.4) is 0 Å². The van der Waals surface area contributed by atoms with Crippen molar-refractivity contribution in [3.8, 4) is 11.8 Å². The van der Waals surface area contributed by atoms with Gasteiger partial charge in [0.15, 0.2) is 18.2 Å². The average molecular weight is 352 g/mol. The lowest BCUT2D eigenvalue weighted by molar-refractivity contribution is -0.113. The zero-order valence-corrected chi connectivity index (χ0v) is 14.5. The molecule has 1 atom stereocenters. The Hall–Kier alpha value is -3.01. The van der Waals surface area contributed by atoms with Crippen LogP contribution < -0.4 is 10.1 Å². The molecule has 0 fully saturated rings. The molecule has 2 aromatic carbocycles. The van der Waals surface area contributed by atoms with E-state index in [0.717, 1.165) is 0 Å². The minimum absolute atomic E-state index is 0.0386. The van der Waals surface area contributed by atoms with Crippen LogP contribution in [-0.4, -0.2) is 38.9 Å². The molecule has 0 aliphatic heterocycles. The number of aldehydes is 1. The van der Waals surface area contributed by atoms with Gasteiger partial charge in [0.1, 0.15) is 5.75 Å². The van der Waals surface area contributed by atoms with Crippen LogP contribution in [0, 0.1) is 11.3 Å². The molecule has 2 aromatic rings. The lowest BCUT2D eigenvalue weighted by atomic mass is 10.0. The van der Waals surface area contributed by atoms with Crippen molar-refractivity contribution in [3.05, 3.63) is 65.2 Å². The van der Waals surface area contributed by atoms with Crippen molar-refractivity contribution in [1.82, 2.24) is 5.32 Å². The molecular formula is C20H20N2O4. The van der Waals surface area contributed by atoms with Gasteiger partial charge in [-0.25, -0.2) is 0 Å². The number of rotatable bonds is 10. The summed E-state index contributed by atoms with van der Waals surface area (Å²) >= 11 is 0. The molecule has 26 heavy (non-hydrogen) atoms. The first-order valence-corrected chi connectivity index (χ1v) is 8.13. The maximum atomic E-state index is 12.1. The first-order chi connectivity index (χ1) is 12.7. The van der Waals surface area contributed by atoms with Crippen LogP contribution in [0.4, 0.5) is 0 Å². The number of nitrogens with one attached hydrogen (secondary N) is 1. The Morgan fingerprint density at radius 2 is 1.88 bits per heavy atom. The van der Waals surface area contributed by atoms with Crippen LogP contribution in [0.5, 0.6) is 5.75 Å². The topological polar surface area (TPSA) is 88.4 Å². The molecule has 0 radical (unpaired) electrons. The summed E-state index contributed by atoms with van der Waals surface area (Å²) in [6.45, 7) is 1.37. The fraction of sp³-hybridized carbons (Fsp3) is 0.250. The summed E-state index contributed by atoms with van der Waals surface area (Å²) in [5.74, 6) is 0.451. The summed E-state index contributed by atoms with van der Waals surface area (Å²) in [6.07, 6.45) is -0.0895. The van der Waals surface area contributed by atoms with Gasteiger partial charge in [-0.3, -0.25) is 9.59 Å². The number of nitriles is 1. The second-order valence-corrected chi connectivity index (χ2v) is 5.53. The first kappa shape index (κ1) is 19.3. The van der Waals surface area contributed by atoms with Gasteiger partial charge in [0.25, 0.3) is 0 Å². The molecule has 0 aliphatic rings. The third kappa shape index (κ3) is 5.52. The predicted octanol–water partition coefficient (Wildman–Crippen LogP) is 2.30. The maximum absolute atomic E-state index is 12.1. The molecule has 6 heteroatoms. The van der Waals surface area contributed by atoms with Crippen molar-refractivity contribution in [2.24, 2.45) is 0 Å². The van der Waals surface area contributed by atoms with E-state index in [2.05, 4.69) is 5.32 Å². The van der Waals surface area contributed by atoms with Crippen LogP contribution >= 0.6 is 0 Å². The van der Waals surface area contributed by atoms with Gasteiger partial charge in [-0.15, -0.1) is 0 Å². The number of ketones is 1. The maximum Gasteiger partial charge on any atom is 0.179 e. The molecule has 0 aliphatic carbocycles. The summed E-state index contributed by atoms with van der Waals surface area (Å²) in [5.41, 5.74) is 1.72. The second kappa shape index (κ2) is 10.1. The number of carbonyl (C=O) groups excluding carboxylic acids is 2. The van der Waals surface area contributed by atoms with Gasteiger partial charge in [-0.2, -0.15) is 5.26 Å². The molecule has 0 spiro atoms. The van der Waals surface area contributed by atoms with Gasteiger partial charge in [-0.1, -0.05) is 24.3 Å². The van der Waals surface area contributed by atoms with Gasteiger partial charge in [0.05, 0.1) is 24.8 Å². The number of Topliss-reactive ketones (excluding diaryl/α,β-unsaturated/α-hetero) is 1. The fourth-order valence-corrected chi connectivity index (χ4v) is 2.27. The normalized spacial score (nSPS) is 11.4. The lowest BCUT2D eigenvalue weighted by Crippen LogP contribution is -2.26. The van der Waals surface area contributed by atoms with Gasteiger partial charge >= 0.3 is 0 Å². The van der Waals surface area contributed by atoms with E-state index < -0.39 is 6.10 Å². The molecule has 1 N–H and O–H groups in total.